The van der Waals surface area contributed by atoms with E-state index in [1.165, 1.54) is 13.4 Å². The first-order chi connectivity index (χ1) is 10.2. The number of methoxy groups -OCH3 is 1. The summed E-state index contributed by atoms with van der Waals surface area (Å²) in [7, 11) is 1.53. The van der Waals surface area contributed by atoms with E-state index in [1.807, 2.05) is 37.3 Å². The van der Waals surface area contributed by atoms with Crippen LogP contribution in [0.4, 0.5) is 11.5 Å². The van der Waals surface area contributed by atoms with Crippen molar-refractivity contribution in [1.82, 2.24) is 15.0 Å². The van der Waals surface area contributed by atoms with E-state index in [0.29, 0.717) is 11.6 Å². The zero-order chi connectivity index (χ0) is 14.8. The van der Waals surface area contributed by atoms with Crippen LogP contribution in [-0.2, 0) is 0 Å². The molecule has 1 aromatic carbocycles. The molecule has 2 aromatic heterocycles. The number of hydrogen-bond donors (Lipinski definition) is 1. The van der Waals surface area contributed by atoms with Crippen LogP contribution in [0.5, 0.6) is 5.75 Å². The number of rotatable bonds is 3. The van der Waals surface area contributed by atoms with Gasteiger partial charge in [-0.15, -0.1) is 0 Å². The summed E-state index contributed by atoms with van der Waals surface area (Å²) in [6.07, 6.45) is 1.39. The van der Waals surface area contributed by atoms with E-state index in [9.17, 15) is 0 Å². The Balaban J connectivity index is 2.10. The van der Waals surface area contributed by atoms with E-state index in [-0.39, 0.29) is 5.15 Å². The molecule has 0 aliphatic rings. The van der Waals surface area contributed by atoms with Gasteiger partial charge in [0.2, 0.25) is 0 Å². The lowest BCUT2D eigenvalue weighted by Gasteiger charge is -2.12. The number of fused-ring (bicyclic) bond motifs is 1. The topological polar surface area (TPSA) is 59.9 Å². The van der Waals surface area contributed by atoms with Crippen LogP contribution in [0.15, 0.2) is 36.7 Å². The molecule has 1 N–H and O–H groups in total. The van der Waals surface area contributed by atoms with Crippen molar-refractivity contribution >= 4 is 34.0 Å². The molecule has 0 saturated heterocycles. The third-order valence-corrected chi connectivity index (χ3v) is 3.35. The number of para-hydroxylation sites is 1. The zero-order valence-corrected chi connectivity index (χ0v) is 12.3. The number of halogens is 1. The van der Waals surface area contributed by atoms with Crippen molar-refractivity contribution in [3.05, 3.63) is 47.5 Å². The molecule has 0 amide bonds. The number of ether oxygens (including phenoxy) is 1. The number of pyridine rings is 1. The Morgan fingerprint density at radius 2 is 2.00 bits per heavy atom. The highest BCUT2D eigenvalue weighted by Crippen LogP contribution is 2.32. The van der Waals surface area contributed by atoms with E-state index < -0.39 is 0 Å². The Bertz CT molecular complexity index is 807. The van der Waals surface area contributed by atoms with Gasteiger partial charge in [0.25, 0.3) is 0 Å². The zero-order valence-electron chi connectivity index (χ0n) is 11.6. The van der Waals surface area contributed by atoms with Crippen molar-refractivity contribution in [2.45, 2.75) is 6.92 Å². The second-order valence-electron chi connectivity index (χ2n) is 4.50. The van der Waals surface area contributed by atoms with Gasteiger partial charge in [0, 0.05) is 11.1 Å². The number of benzene rings is 1. The van der Waals surface area contributed by atoms with Gasteiger partial charge in [0.05, 0.1) is 18.3 Å². The van der Waals surface area contributed by atoms with Crippen LogP contribution in [0, 0.1) is 6.92 Å². The van der Waals surface area contributed by atoms with Crippen LogP contribution >= 0.6 is 11.6 Å². The van der Waals surface area contributed by atoms with Crippen LogP contribution in [-0.4, -0.2) is 22.1 Å². The first-order valence-electron chi connectivity index (χ1n) is 6.37. The minimum atomic E-state index is 0.263. The summed E-state index contributed by atoms with van der Waals surface area (Å²) in [5.74, 6) is 0.914. The second kappa shape index (κ2) is 5.54. The Hall–Kier alpha value is -2.40. The van der Waals surface area contributed by atoms with Gasteiger partial charge < -0.3 is 10.1 Å². The molecule has 6 heteroatoms. The van der Waals surface area contributed by atoms with Gasteiger partial charge in [0.1, 0.15) is 6.33 Å². The lowest BCUT2D eigenvalue weighted by molar-refractivity contribution is 0.413. The summed E-state index contributed by atoms with van der Waals surface area (Å²) in [6, 6.07) is 9.92. The lowest BCUT2D eigenvalue weighted by atomic mass is 10.1. The minimum absolute atomic E-state index is 0.263. The van der Waals surface area contributed by atoms with Crippen molar-refractivity contribution in [3.63, 3.8) is 0 Å². The van der Waals surface area contributed by atoms with Gasteiger partial charge in [-0.3, -0.25) is 4.98 Å². The molecule has 3 rings (SSSR count). The molecule has 0 aliphatic heterocycles. The number of aryl methyl sites for hydroxylation is 1. The molecule has 0 fully saturated rings. The number of aromatic nitrogens is 3. The lowest BCUT2D eigenvalue weighted by Crippen LogP contribution is -2.00. The van der Waals surface area contributed by atoms with Crippen LogP contribution in [0.2, 0.25) is 5.15 Å². The molecule has 0 unspecified atom stereocenters. The first kappa shape index (κ1) is 13.6. The van der Waals surface area contributed by atoms with Crippen LogP contribution in [0.3, 0.4) is 0 Å². The Morgan fingerprint density at radius 3 is 2.81 bits per heavy atom. The summed E-state index contributed by atoms with van der Waals surface area (Å²) in [4.78, 5) is 12.6. The standard InChI is InChI=1S/C15H13ClN4O/c1-9-6-7-10-4-3-5-11(12(10)19-9)20-15-13(21-2)14(16)17-8-18-15/h3-8H,1-2H3,(H,17,18,20). The molecule has 2 heterocycles. The van der Waals surface area contributed by atoms with E-state index >= 15 is 0 Å². The highest BCUT2D eigenvalue weighted by atomic mass is 35.5. The van der Waals surface area contributed by atoms with E-state index in [2.05, 4.69) is 20.3 Å². The number of anilines is 2. The van der Waals surface area contributed by atoms with Crippen molar-refractivity contribution in [1.29, 1.82) is 0 Å². The maximum atomic E-state index is 6.01. The molecule has 0 saturated carbocycles. The summed E-state index contributed by atoms with van der Waals surface area (Å²) < 4.78 is 5.24. The number of nitrogens with one attached hydrogen (secondary N) is 1. The third kappa shape index (κ3) is 2.60. The van der Waals surface area contributed by atoms with Crippen molar-refractivity contribution in [2.24, 2.45) is 0 Å². The fourth-order valence-electron chi connectivity index (χ4n) is 2.10. The Morgan fingerprint density at radius 1 is 1.14 bits per heavy atom. The molecule has 21 heavy (non-hydrogen) atoms. The van der Waals surface area contributed by atoms with Gasteiger partial charge >= 0.3 is 0 Å². The highest BCUT2D eigenvalue weighted by Gasteiger charge is 2.12. The first-order valence-corrected chi connectivity index (χ1v) is 6.74. The molecule has 0 bridgehead atoms. The fourth-order valence-corrected chi connectivity index (χ4v) is 2.31. The molecule has 5 nitrogen and oxygen atoms in total. The van der Waals surface area contributed by atoms with Crippen molar-refractivity contribution in [2.75, 3.05) is 12.4 Å². The molecule has 0 atom stereocenters. The van der Waals surface area contributed by atoms with E-state index in [1.54, 1.807) is 0 Å². The number of hydrogen-bond acceptors (Lipinski definition) is 5. The summed E-state index contributed by atoms with van der Waals surface area (Å²) in [5, 5.41) is 4.52. The molecular weight excluding hydrogens is 288 g/mol. The van der Waals surface area contributed by atoms with E-state index in [4.69, 9.17) is 16.3 Å². The summed E-state index contributed by atoms with van der Waals surface area (Å²) >= 11 is 6.01. The van der Waals surface area contributed by atoms with Crippen LogP contribution in [0.1, 0.15) is 5.69 Å². The van der Waals surface area contributed by atoms with Gasteiger partial charge in [-0.25, -0.2) is 9.97 Å². The monoisotopic (exact) mass is 300 g/mol. The fraction of sp³-hybridized carbons (Fsp3) is 0.133. The van der Waals surface area contributed by atoms with Gasteiger partial charge in [0.15, 0.2) is 16.7 Å². The van der Waals surface area contributed by atoms with Gasteiger partial charge in [-0.05, 0) is 19.1 Å². The van der Waals surface area contributed by atoms with Crippen molar-refractivity contribution < 1.29 is 4.74 Å². The minimum Gasteiger partial charge on any atom is -0.490 e. The predicted octanol–water partition coefficient (Wildman–Crippen LogP) is 3.74. The normalized spacial score (nSPS) is 10.6. The molecule has 0 spiro atoms. The average Bonchev–Trinajstić information content (AvgIpc) is 2.48. The van der Waals surface area contributed by atoms with Crippen LogP contribution < -0.4 is 10.1 Å². The molecule has 0 radical (unpaired) electrons. The molecule has 3 aromatic rings. The predicted molar refractivity (Wildman–Crippen MR) is 83.4 cm³/mol. The number of nitrogens with zero attached hydrogens (tertiary/aromatic N) is 3. The second-order valence-corrected chi connectivity index (χ2v) is 4.86. The van der Waals surface area contributed by atoms with Gasteiger partial charge in [-0.2, -0.15) is 0 Å². The van der Waals surface area contributed by atoms with Crippen molar-refractivity contribution in [3.8, 4) is 5.75 Å². The Kier molecular flexibility index (Phi) is 3.58. The van der Waals surface area contributed by atoms with E-state index in [0.717, 1.165) is 22.3 Å². The molecule has 0 aliphatic carbocycles. The smallest absolute Gasteiger partial charge is 0.199 e. The largest absolute Gasteiger partial charge is 0.490 e. The van der Waals surface area contributed by atoms with Gasteiger partial charge in [-0.1, -0.05) is 29.8 Å². The Labute approximate surface area is 127 Å². The average molecular weight is 301 g/mol. The third-order valence-electron chi connectivity index (χ3n) is 3.08. The van der Waals surface area contributed by atoms with Crippen LogP contribution in [0.25, 0.3) is 10.9 Å². The quantitative estimate of drug-likeness (QED) is 0.747. The summed E-state index contributed by atoms with van der Waals surface area (Å²) in [6.45, 7) is 1.96. The molecular formula is C15H13ClN4O. The maximum absolute atomic E-state index is 6.01. The maximum Gasteiger partial charge on any atom is 0.199 e. The SMILES string of the molecule is COc1c(Cl)ncnc1Nc1cccc2ccc(C)nc12. The molecule has 106 valence electrons. The highest BCUT2D eigenvalue weighted by molar-refractivity contribution is 6.31. The summed E-state index contributed by atoms with van der Waals surface area (Å²) in [5.41, 5.74) is 2.66.